The second-order valence-corrected chi connectivity index (χ2v) is 4.22. The molecule has 15 heavy (non-hydrogen) atoms. The van der Waals surface area contributed by atoms with E-state index in [9.17, 15) is 0 Å². The third kappa shape index (κ3) is 2.82. The molecule has 0 aromatic heterocycles. The molecule has 0 aliphatic heterocycles. The summed E-state index contributed by atoms with van der Waals surface area (Å²) in [6.07, 6.45) is 0.998. The molecule has 0 aliphatic carbocycles. The summed E-state index contributed by atoms with van der Waals surface area (Å²) in [5.41, 5.74) is 4.85. The third-order valence-electron chi connectivity index (χ3n) is 2.77. The molecule has 0 amide bonds. The van der Waals surface area contributed by atoms with Gasteiger partial charge in [0.2, 0.25) is 0 Å². The molecule has 80 valence electrons. The molecular formula is C15H20. The number of hydrogen-bond acceptors (Lipinski definition) is 0. The maximum atomic E-state index is 4.12. The summed E-state index contributed by atoms with van der Waals surface area (Å²) in [7, 11) is 0. The minimum Gasteiger partial charge on any atom is -0.0952 e. The summed E-state index contributed by atoms with van der Waals surface area (Å²) in [5.74, 6) is 0.496. The van der Waals surface area contributed by atoms with E-state index in [1.165, 1.54) is 22.3 Å². The molecule has 1 aromatic rings. The van der Waals surface area contributed by atoms with Crippen molar-refractivity contribution in [3.05, 3.63) is 48.6 Å². The van der Waals surface area contributed by atoms with Gasteiger partial charge in [0.15, 0.2) is 0 Å². The predicted octanol–water partition coefficient (Wildman–Crippen LogP) is 4.78. The van der Waals surface area contributed by atoms with Crippen LogP contribution in [0.25, 0.3) is 11.1 Å². The summed E-state index contributed by atoms with van der Waals surface area (Å²) >= 11 is 0. The Balaban J connectivity index is 3.02. The topological polar surface area (TPSA) is 0 Å². The first-order valence-corrected chi connectivity index (χ1v) is 5.53. The quantitative estimate of drug-likeness (QED) is 0.656. The van der Waals surface area contributed by atoms with E-state index in [0.717, 1.165) is 6.42 Å². The number of hydrogen-bond donors (Lipinski definition) is 0. The van der Waals surface area contributed by atoms with E-state index in [1.54, 1.807) is 0 Å². The van der Waals surface area contributed by atoms with Gasteiger partial charge in [-0.25, -0.2) is 0 Å². The van der Waals surface area contributed by atoms with Crippen molar-refractivity contribution in [1.29, 1.82) is 0 Å². The minimum atomic E-state index is 0.496. The highest BCUT2D eigenvalue weighted by Gasteiger charge is 2.05. The van der Waals surface area contributed by atoms with Crippen LogP contribution in [-0.4, -0.2) is 0 Å². The molecule has 0 saturated heterocycles. The zero-order valence-electron chi connectivity index (χ0n) is 10.0. The van der Waals surface area contributed by atoms with Crippen LogP contribution in [0.1, 0.15) is 38.3 Å². The molecule has 0 atom stereocenters. The maximum absolute atomic E-state index is 4.12. The Morgan fingerprint density at radius 1 is 1.20 bits per heavy atom. The van der Waals surface area contributed by atoms with Crippen LogP contribution in [0, 0.1) is 5.92 Å². The lowest BCUT2D eigenvalue weighted by molar-refractivity contribution is 0.858. The number of allylic oxidation sites excluding steroid dienone is 2. The Morgan fingerprint density at radius 2 is 1.80 bits per heavy atom. The first kappa shape index (κ1) is 11.8. The average molecular weight is 200 g/mol. The van der Waals surface area contributed by atoms with Gasteiger partial charge in [0.25, 0.3) is 0 Å². The van der Waals surface area contributed by atoms with Crippen LogP contribution in [-0.2, 0) is 0 Å². The van der Waals surface area contributed by atoms with E-state index in [4.69, 9.17) is 0 Å². The second-order valence-electron chi connectivity index (χ2n) is 4.22. The van der Waals surface area contributed by atoms with Gasteiger partial charge in [0.1, 0.15) is 0 Å². The molecule has 0 spiro atoms. The molecule has 0 fully saturated rings. The van der Waals surface area contributed by atoms with E-state index < -0.39 is 0 Å². The normalized spacial score (nSPS) is 10.4. The smallest absolute Gasteiger partial charge is 0.0219 e. The van der Waals surface area contributed by atoms with Crippen molar-refractivity contribution in [2.24, 2.45) is 5.92 Å². The Bertz CT molecular complexity index is 369. The van der Waals surface area contributed by atoms with Crippen molar-refractivity contribution in [2.75, 3.05) is 0 Å². The molecule has 0 radical (unpaired) electrons. The fourth-order valence-electron chi connectivity index (χ4n) is 1.48. The van der Waals surface area contributed by atoms with Crippen molar-refractivity contribution < 1.29 is 0 Å². The highest BCUT2D eigenvalue weighted by molar-refractivity contribution is 5.71. The molecule has 0 heteroatoms. The summed E-state index contributed by atoms with van der Waals surface area (Å²) in [5, 5.41) is 0. The van der Waals surface area contributed by atoms with Crippen LogP contribution in [0.5, 0.6) is 0 Å². The minimum absolute atomic E-state index is 0.496. The van der Waals surface area contributed by atoms with Crippen molar-refractivity contribution in [3.8, 4) is 0 Å². The number of rotatable bonds is 4. The Morgan fingerprint density at radius 3 is 2.33 bits per heavy atom. The van der Waals surface area contributed by atoms with Crippen molar-refractivity contribution in [2.45, 2.75) is 27.2 Å². The lowest BCUT2D eigenvalue weighted by atomic mass is 9.94. The summed E-state index contributed by atoms with van der Waals surface area (Å²) in [6, 6.07) is 8.50. The predicted molar refractivity (Wildman–Crippen MR) is 69.6 cm³/mol. The van der Waals surface area contributed by atoms with Gasteiger partial charge in [0, 0.05) is 0 Å². The molecule has 1 aromatic carbocycles. The SMILES string of the molecule is C=C(CC)c1cccc(C(=C)C(C)C)c1. The second kappa shape index (κ2) is 4.97. The van der Waals surface area contributed by atoms with Gasteiger partial charge in [-0.1, -0.05) is 52.1 Å². The van der Waals surface area contributed by atoms with Gasteiger partial charge in [-0.15, -0.1) is 0 Å². The molecule has 0 bridgehead atoms. The van der Waals surface area contributed by atoms with Crippen LogP contribution in [0.4, 0.5) is 0 Å². The van der Waals surface area contributed by atoms with E-state index >= 15 is 0 Å². The van der Waals surface area contributed by atoms with Gasteiger partial charge < -0.3 is 0 Å². The standard InChI is InChI=1S/C15H20/c1-6-12(4)14-8-7-9-15(10-14)13(5)11(2)3/h7-11H,4-6H2,1-3H3. The van der Waals surface area contributed by atoms with Crippen LogP contribution < -0.4 is 0 Å². The first-order valence-electron chi connectivity index (χ1n) is 5.53. The van der Waals surface area contributed by atoms with E-state index in [0.29, 0.717) is 5.92 Å². The van der Waals surface area contributed by atoms with Gasteiger partial charge in [0.05, 0.1) is 0 Å². The molecule has 0 N–H and O–H groups in total. The Labute approximate surface area is 93.3 Å². The average Bonchev–Trinajstić information content (AvgIpc) is 2.27. The largest absolute Gasteiger partial charge is 0.0952 e. The zero-order valence-corrected chi connectivity index (χ0v) is 10.0. The van der Waals surface area contributed by atoms with E-state index in [1.807, 2.05) is 0 Å². The molecule has 0 heterocycles. The van der Waals surface area contributed by atoms with E-state index in [2.05, 4.69) is 58.2 Å². The molecule has 0 nitrogen and oxygen atoms in total. The maximum Gasteiger partial charge on any atom is -0.0219 e. The van der Waals surface area contributed by atoms with Crippen LogP contribution in [0.2, 0.25) is 0 Å². The van der Waals surface area contributed by atoms with Gasteiger partial charge in [-0.2, -0.15) is 0 Å². The molecular weight excluding hydrogens is 180 g/mol. The summed E-state index contributed by atoms with van der Waals surface area (Å²) in [4.78, 5) is 0. The summed E-state index contributed by atoms with van der Waals surface area (Å²) < 4.78 is 0. The Hall–Kier alpha value is -1.30. The van der Waals surface area contributed by atoms with Crippen LogP contribution in [0.3, 0.4) is 0 Å². The highest BCUT2D eigenvalue weighted by atomic mass is 14.1. The highest BCUT2D eigenvalue weighted by Crippen LogP contribution is 2.24. The van der Waals surface area contributed by atoms with Gasteiger partial charge in [-0.05, 0) is 40.7 Å². The van der Waals surface area contributed by atoms with Crippen molar-refractivity contribution in [1.82, 2.24) is 0 Å². The fraction of sp³-hybridized carbons (Fsp3) is 0.333. The van der Waals surface area contributed by atoms with Gasteiger partial charge >= 0.3 is 0 Å². The van der Waals surface area contributed by atoms with Crippen LogP contribution in [0.15, 0.2) is 37.4 Å². The van der Waals surface area contributed by atoms with Crippen LogP contribution >= 0.6 is 0 Å². The lowest BCUT2D eigenvalue weighted by Gasteiger charge is -2.11. The summed E-state index contributed by atoms with van der Waals surface area (Å²) in [6.45, 7) is 14.7. The monoisotopic (exact) mass is 200 g/mol. The van der Waals surface area contributed by atoms with Crippen molar-refractivity contribution in [3.63, 3.8) is 0 Å². The molecule has 0 aliphatic rings. The molecule has 1 rings (SSSR count). The molecule has 0 unspecified atom stereocenters. The zero-order chi connectivity index (χ0) is 11.4. The fourth-order valence-corrected chi connectivity index (χ4v) is 1.48. The van der Waals surface area contributed by atoms with Gasteiger partial charge in [-0.3, -0.25) is 0 Å². The lowest BCUT2D eigenvalue weighted by Crippen LogP contribution is -1.93. The van der Waals surface area contributed by atoms with Crippen molar-refractivity contribution >= 4 is 11.1 Å². The van der Waals surface area contributed by atoms with E-state index in [-0.39, 0.29) is 0 Å². The Kier molecular flexibility index (Phi) is 3.90. The third-order valence-corrected chi connectivity index (χ3v) is 2.77. The first-order chi connectivity index (χ1) is 7.06. The number of benzene rings is 1. The molecule has 0 saturated carbocycles.